The molecule has 0 fully saturated rings. The van der Waals surface area contributed by atoms with E-state index in [1.165, 1.54) is 6.07 Å². The standard InChI is InChI=1S/C10H12FNO/c1-2-12-9-6-13-10-7(9)4-3-5-8(10)11/h3-5,9,12H,2,6H2,1H3. The topological polar surface area (TPSA) is 21.3 Å². The number of hydrogen-bond acceptors (Lipinski definition) is 2. The average Bonchev–Trinajstić information content (AvgIpc) is 2.51. The fourth-order valence-electron chi connectivity index (χ4n) is 1.62. The lowest BCUT2D eigenvalue weighted by molar-refractivity contribution is 0.302. The molecule has 0 amide bonds. The van der Waals surface area contributed by atoms with Gasteiger partial charge in [-0.25, -0.2) is 4.39 Å². The lowest BCUT2D eigenvalue weighted by atomic mass is 10.1. The van der Waals surface area contributed by atoms with E-state index in [1.807, 2.05) is 13.0 Å². The molecule has 0 bridgehead atoms. The van der Waals surface area contributed by atoms with Crippen molar-refractivity contribution in [1.82, 2.24) is 5.32 Å². The van der Waals surface area contributed by atoms with Crippen molar-refractivity contribution in [2.24, 2.45) is 0 Å². The van der Waals surface area contributed by atoms with E-state index in [2.05, 4.69) is 5.32 Å². The number of nitrogens with one attached hydrogen (secondary N) is 1. The van der Waals surface area contributed by atoms with E-state index in [1.54, 1.807) is 6.07 Å². The van der Waals surface area contributed by atoms with Crippen LogP contribution in [0.4, 0.5) is 4.39 Å². The maximum absolute atomic E-state index is 13.2. The second-order valence-corrected chi connectivity index (χ2v) is 3.08. The van der Waals surface area contributed by atoms with Crippen LogP contribution in [0, 0.1) is 5.82 Å². The zero-order chi connectivity index (χ0) is 9.26. The molecule has 1 aromatic carbocycles. The van der Waals surface area contributed by atoms with Gasteiger partial charge < -0.3 is 10.1 Å². The Morgan fingerprint density at radius 3 is 3.23 bits per heavy atom. The van der Waals surface area contributed by atoms with Crippen molar-refractivity contribution >= 4 is 0 Å². The number of likely N-dealkylation sites (N-methyl/N-ethyl adjacent to an activating group) is 1. The molecule has 2 nitrogen and oxygen atoms in total. The van der Waals surface area contributed by atoms with Crippen LogP contribution in [-0.2, 0) is 0 Å². The Bertz CT molecular complexity index is 314. The van der Waals surface area contributed by atoms with Gasteiger partial charge in [0, 0.05) is 5.56 Å². The van der Waals surface area contributed by atoms with E-state index < -0.39 is 0 Å². The number of benzene rings is 1. The lowest BCUT2D eigenvalue weighted by Gasteiger charge is -2.08. The summed E-state index contributed by atoms with van der Waals surface area (Å²) in [7, 11) is 0. The molecule has 1 atom stereocenters. The summed E-state index contributed by atoms with van der Waals surface area (Å²) in [6.07, 6.45) is 0. The van der Waals surface area contributed by atoms with Crippen LogP contribution in [0.25, 0.3) is 0 Å². The van der Waals surface area contributed by atoms with E-state index in [0.717, 1.165) is 12.1 Å². The van der Waals surface area contributed by atoms with Crippen LogP contribution >= 0.6 is 0 Å². The molecule has 0 radical (unpaired) electrons. The lowest BCUT2D eigenvalue weighted by Crippen LogP contribution is -2.21. The second kappa shape index (κ2) is 3.34. The molecule has 1 aromatic rings. The van der Waals surface area contributed by atoms with Crippen molar-refractivity contribution < 1.29 is 9.13 Å². The zero-order valence-corrected chi connectivity index (χ0v) is 7.51. The summed E-state index contributed by atoms with van der Waals surface area (Å²) in [5.74, 6) is 0.145. The van der Waals surface area contributed by atoms with Crippen molar-refractivity contribution in [3.05, 3.63) is 29.6 Å². The average molecular weight is 181 g/mol. The SMILES string of the molecule is CCNC1COc2c(F)cccc21. The molecule has 1 aliphatic heterocycles. The predicted molar refractivity (Wildman–Crippen MR) is 48.3 cm³/mol. The molecule has 0 aromatic heterocycles. The van der Waals surface area contributed by atoms with Gasteiger partial charge in [0.25, 0.3) is 0 Å². The minimum absolute atomic E-state index is 0.149. The van der Waals surface area contributed by atoms with Crippen LogP contribution in [0.3, 0.4) is 0 Å². The Labute approximate surface area is 76.7 Å². The van der Waals surface area contributed by atoms with Crippen molar-refractivity contribution in [2.45, 2.75) is 13.0 Å². The fraction of sp³-hybridized carbons (Fsp3) is 0.400. The molecule has 0 spiro atoms. The van der Waals surface area contributed by atoms with Gasteiger partial charge in [0.05, 0.1) is 6.04 Å². The third-order valence-electron chi connectivity index (χ3n) is 2.22. The van der Waals surface area contributed by atoms with Gasteiger partial charge in [-0.05, 0) is 12.6 Å². The molecule has 0 aliphatic carbocycles. The van der Waals surface area contributed by atoms with Crippen LogP contribution in [0.1, 0.15) is 18.5 Å². The first-order chi connectivity index (χ1) is 6.33. The van der Waals surface area contributed by atoms with E-state index in [0.29, 0.717) is 12.4 Å². The minimum atomic E-state index is -0.266. The van der Waals surface area contributed by atoms with Crippen molar-refractivity contribution in [2.75, 3.05) is 13.2 Å². The van der Waals surface area contributed by atoms with Gasteiger partial charge in [-0.3, -0.25) is 0 Å². The first-order valence-corrected chi connectivity index (χ1v) is 4.47. The van der Waals surface area contributed by atoms with E-state index >= 15 is 0 Å². The summed E-state index contributed by atoms with van der Waals surface area (Å²) < 4.78 is 18.4. The Morgan fingerprint density at radius 1 is 1.62 bits per heavy atom. The van der Waals surface area contributed by atoms with Crippen LogP contribution in [0.15, 0.2) is 18.2 Å². The molecular weight excluding hydrogens is 169 g/mol. The third kappa shape index (κ3) is 1.40. The van der Waals surface area contributed by atoms with Gasteiger partial charge in [0.15, 0.2) is 11.6 Å². The molecule has 1 aliphatic rings. The van der Waals surface area contributed by atoms with E-state index in [9.17, 15) is 4.39 Å². The summed E-state index contributed by atoms with van der Waals surface area (Å²) in [6, 6.07) is 5.19. The second-order valence-electron chi connectivity index (χ2n) is 3.08. The highest BCUT2D eigenvalue weighted by Crippen LogP contribution is 2.34. The minimum Gasteiger partial charge on any atom is -0.488 e. The maximum Gasteiger partial charge on any atom is 0.165 e. The number of ether oxygens (including phenoxy) is 1. The molecule has 1 heterocycles. The quantitative estimate of drug-likeness (QED) is 0.752. The molecule has 13 heavy (non-hydrogen) atoms. The Balaban J connectivity index is 2.32. The molecule has 2 rings (SSSR count). The van der Waals surface area contributed by atoms with E-state index in [-0.39, 0.29) is 11.9 Å². The van der Waals surface area contributed by atoms with Gasteiger partial charge in [-0.1, -0.05) is 19.1 Å². The van der Waals surface area contributed by atoms with Crippen LogP contribution in [0.5, 0.6) is 5.75 Å². The highest BCUT2D eigenvalue weighted by Gasteiger charge is 2.25. The first-order valence-electron chi connectivity index (χ1n) is 4.47. The largest absolute Gasteiger partial charge is 0.488 e. The summed E-state index contributed by atoms with van der Waals surface area (Å²) in [5.41, 5.74) is 0.932. The normalized spacial score (nSPS) is 19.7. The summed E-state index contributed by atoms with van der Waals surface area (Å²) in [4.78, 5) is 0. The van der Waals surface area contributed by atoms with Gasteiger partial charge in [-0.15, -0.1) is 0 Å². The first kappa shape index (κ1) is 8.51. The molecule has 0 saturated carbocycles. The van der Waals surface area contributed by atoms with Gasteiger partial charge >= 0.3 is 0 Å². The zero-order valence-electron chi connectivity index (χ0n) is 7.51. The smallest absolute Gasteiger partial charge is 0.165 e. The van der Waals surface area contributed by atoms with Crippen molar-refractivity contribution in [3.8, 4) is 5.75 Å². The van der Waals surface area contributed by atoms with E-state index in [4.69, 9.17) is 4.74 Å². The maximum atomic E-state index is 13.2. The van der Waals surface area contributed by atoms with Gasteiger partial charge in [-0.2, -0.15) is 0 Å². The Hall–Kier alpha value is -1.09. The number of para-hydroxylation sites is 1. The molecular formula is C10H12FNO. The van der Waals surface area contributed by atoms with Gasteiger partial charge in [0.2, 0.25) is 0 Å². The molecule has 70 valence electrons. The van der Waals surface area contributed by atoms with Crippen molar-refractivity contribution in [3.63, 3.8) is 0 Å². The van der Waals surface area contributed by atoms with Crippen LogP contribution < -0.4 is 10.1 Å². The Morgan fingerprint density at radius 2 is 2.46 bits per heavy atom. The van der Waals surface area contributed by atoms with Crippen LogP contribution in [0.2, 0.25) is 0 Å². The predicted octanol–water partition coefficient (Wildman–Crippen LogP) is 1.87. The highest BCUT2D eigenvalue weighted by atomic mass is 19.1. The number of halogens is 1. The Kier molecular flexibility index (Phi) is 2.19. The molecule has 0 saturated heterocycles. The van der Waals surface area contributed by atoms with Crippen LogP contribution in [-0.4, -0.2) is 13.2 Å². The summed E-state index contributed by atoms with van der Waals surface area (Å²) in [6.45, 7) is 3.42. The number of hydrogen-bond donors (Lipinski definition) is 1. The monoisotopic (exact) mass is 181 g/mol. The highest BCUT2D eigenvalue weighted by molar-refractivity contribution is 5.40. The molecule has 1 N–H and O–H groups in total. The summed E-state index contributed by atoms with van der Waals surface area (Å²) >= 11 is 0. The number of fused-ring (bicyclic) bond motifs is 1. The number of rotatable bonds is 2. The summed E-state index contributed by atoms with van der Waals surface area (Å²) in [5, 5.41) is 3.24. The fourth-order valence-corrected chi connectivity index (χ4v) is 1.62. The molecule has 1 unspecified atom stereocenters. The third-order valence-corrected chi connectivity index (χ3v) is 2.22. The van der Waals surface area contributed by atoms with Gasteiger partial charge in [0.1, 0.15) is 6.61 Å². The van der Waals surface area contributed by atoms with Crippen molar-refractivity contribution in [1.29, 1.82) is 0 Å². The molecule has 3 heteroatoms.